The Labute approximate surface area is 97.9 Å². The summed E-state index contributed by atoms with van der Waals surface area (Å²) < 4.78 is 0. The molecule has 90 valence electrons. The van der Waals surface area contributed by atoms with Crippen molar-refractivity contribution in [3.63, 3.8) is 0 Å². The van der Waals surface area contributed by atoms with Crippen molar-refractivity contribution in [2.24, 2.45) is 0 Å². The van der Waals surface area contributed by atoms with Crippen molar-refractivity contribution >= 4 is 0 Å². The largest absolute Gasteiger partial charge is 0.360 e. The van der Waals surface area contributed by atoms with Gasteiger partial charge >= 0.3 is 0 Å². The minimum Gasteiger partial charge on any atom is -0.360 e. The molecule has 2 N–H and O–H groups in total. The zero-order chi connectivity index (χ0) is 11.1. The molecule has 1 saturated heterocycles. The van der Waals surface area contributed by atoms with Gasteiger partial charge in [-0.2, -0.15) is 5.53 Å². The quantitative estimate of drug-likeness (QED) is 0.735. The van der Waals surface area contributed by atoms with Crippen LogP contribution in [0.1, 0.15) is 25.7 Å². The van der Waals surface area contributed by atoms with Crippen LogP contribution in [0, 0.1) is 0 Å². The second-order valence-corrected chi connectivity index (χ2v) is 4.40. The summed E-state index contributed by atoms with van der Waals surface area (Å²) in [6.45, 7) is 4.12. The Balaban J connectivity index is 1.76. The second kappa shape index (κ2) is 6.68. The predicted octanol–water partition coefficient (Wildman–Crippen LogP) is 1.21. The normalized spacial score (nSPS) is 23.9. The van der Waals surface area contributed by atoms with E-state index in [9.17, 15) is 0 Å². The molecule has 4 heteroatoms. The maximum Gasteiger partial charge on any atom is 0.0850 e. The van der Waals surface area contributed by atoms with E-state index in [2.05, 4.69) is 45.3 Å². The molecule has 2 aliphatic heterocycles. The molecule has 0 unspecified atom stereocenters. The van der Waals surface area contributed by atoms with Crippen LogP contribution in [0.4, 0.5) is 0 Å². The molecule has 0 aliphatic carbocycles. The van der Waals surface area contributed by atoms with Crippen LogP contribution in [0.15, 0.2) is 24.4 Å². The lowest BCUT2D eigenvalue weighted by molar-refractivity contribution is 0.0951. The zero-order valence-corrected chi connectivity index (χ0v) is 9.86. The van der Waals surface area contributed by atoms with E-state index in [0.717, 1.165) is 26.3 Å². The first kappa shape index (κ1) is 11.6. The van der Waals surface area contributed by atoms with Gasteiger partial charge in [0, 0.05) is 25.8 Å². The molecule has 0 spiro atoms. The van der Waals surface area contributed by atoms with Gasteiger partial charge in [0.25, 0.3) is 0 Å². The van der Waals surface area contributed by atoms with Crippen molar-refractivity contribution in [2.75, 3.05) is 26.3 Å². The summed E-state index contributed by atoms with van der Waals surface area (Å²) in [5, 5.41) is 2.26. The molecule has 0 atom stereocenters. The van der Waals surface area contributed by atoms with Crippen molar-refractivity contribution in [3.05, 3.63) is 24.4 Å². The molecule has 2 heterocycles. The summed E-state index contributed by atoms with van der Waals surface area (Å²) in [5.74, 6) is 0. The van der Waals surface area contributed by atoms with E-state index in [1.165, 1.54) is 25.7 Å². The number of nitrogens with zero attached hydrogens (tertiary/aromatic N) is 2. The number of hydrogen-bond acceptors (Lipinski definition) is 4. The van der Waals surface area contributed by atoms with E-state index in [-0.39, 0.29) is 0 Å². The zero-order valence-electron chi connectivity index (χ0n) is 9.86. The Morgan fingerprint density at radius 1 is 1.06 bits per heavy atom. The molecule has 0 aromatic rings. The van der Waals surface area contributed by atoms with Crippen molar-refractivity contribution < 1.29 is 0 Å². The Morgan fingerprint density at radius 3 is 2.88 bits per heavy atom. The molecule has 2 aliphatic rings. The molecule has 16 heavy (non-hydrogen) atoms. The number of hydrogen-bond donors (Lipinski definition) is 2. The van der Waals surface area contributed by atoms with E-state index in [4.69, 9.17) is 0 Å². The molecule has 0 aromatic heterocycles. The summed E-state index contributed by atoms with van der Waals surface area (Å²) in [7, 11) is 0. The highest BCUT2D eigenvalue weighted by Crippen LogP contribution is 2.04. The molecule has 2 rings (SSSR count). The minimum absolute atomic E-state index is 0.938. The van der Waals surface area contributed by atoms with Gasteiger partial charge in [0.2, 0.25) is 0 Å². The van der Waals surface area contributed by atoms with Crippen LogP contribution in [-0.2, 0) is 0 Å². The molecule has 0 saturated carbocycles. The second-order valence-electron chi connectivity index (χ2n) is 4.40. The van der Waals surface area contributed by atoms with Crippen LogP contribution < -0.4 is 11.0 Å². The summed E-state index contributed by atoms with van der Waals surface area (Å²) >= 11 is 0. The molecular formula is C12H22N4. The summed E-state index contributed by atoms with van der Waals surface area (Å²) in [6.07, 6.45) is 13.8. The van der Waals surface area contributed by atoms with Crippen LogP contribution in [0.25, 0.3) is 0 Å². The van der Waals surface area contributed by atoms with Crippen LogP contribution in [0.3, 0.4) is 0 Å². The first-order valence-corrected chi connectivity index (χ1v) is 6.26. The topological polar surface area (TPSA) is 30.5 Å². The van der Waals surface area contributed by atoms with Crippen molar-refractivity contribution in [1.29, 1.82) is 0 Å². The van der Waals surface area contributed by atoms with Crippen LogP contribution in [-0.4, -0.2) is 36.2 Å². The molecule has 0 radical (unpaired) electrons. The molecule has 1 fully saturated rings. The highest BCUT2D eigenvalue weighted by molar-refractivity contribution is 5.08. The van der Waals surface area contributed by atoms with E-state index in [0.29, 0.717) is 0 Å². The number of rotatable bonds is 2. The van der Waals surface area contributed by atoms with Crippen molar-refractivity contribution in [3.8, 4) is 0 Å². The highest BCUT2D eigenvalue weighted by atomic mass is 15.7. The average molecular weight is 222 g/mol. The molecule has 0 bridgehead atoms. The summed E-state index contributed by atoms with van der Waals surface area (Å²) in [4.78, 5) is 2.30. The maximum absolute atomic E-state index is 3.29. The first-order chi connectivity index (χ1) is 7.95. The molecular weight excluding hydrogens is 200 g/mol. The van der Waals surface area contributed by atoms with Gasteiger partial charge in [0.05, 0.1) is 6.67 Å². The fourth-order valence-electron chi connectivity index (χ4n) is 2.03. The van der Waals surface area contributed by atoms with Gasteiger partial charge in [-0.05, 0) is 18.9 Å². The van der Waals surface area contributed by atoms with Crippen LogP contribution in [0.2, 0.25) is 0 Å². The first-order valence-electron chi connectivity index (χ1n) is 6.26. The lowest BCUT2D eigenvalue weighted by atomic mass is 10.2. The van der Waals surface area contributed by atoms with E-state index in [1.807, 2.05) is 0 Å². The van der Waals surface area contributed by atoms with Gasteiger partial charge in [-0.15, -0.1) is 0 Å². The van der Waals surface area contributed by atoms with Crippen LogP contribution >= 0.6 is 0 Å². The van der Waals surface area contributed by atoms with Gasteiger partial charge in [-0.1, -0.05) is 25.0 Å². The number of nitrogens with one attached hydrogen (secondary N) is 2. The highest BCUT2D eigenvalue weighted by Gasteiger charge is 2.09. The Hall–Kier alpha value is -0.840. The standard InChI is InChI=1S/C12H22N4/c1-2-7-11-16(14-13-8-4-1)12-15-9-5-3-6-10-15/h3,5-6,9,13-14H,1-2,4,7-8,10-12H2. The third-order valence-electron chi connectivity index (χ3n) is 2.95. The Morgan fingerprint density at radius 2 is 2.00 bits per heavy atom. The lowest BCUT2D eigenvalue weighted by Crippen LogP contribution is -2.51. The number of allylic oxidation sites excluding steroid dienone is 2. The SMILES string of the molecule is C1=CCN(CN2CCCCCCNN2)C=C1. The predicted molar refractivity (Wildman–Crippen MR) is 66.2 cm³/mol. The van der Waals surface area contributed by atoms with Crippen molar-refractivity contribution in [1.82, 2.24) is 20.9 Å². The smallest absolute Gasteiger partial charge is 0.0850 e. The third kappa shape index (κ3) is 3.96. The summed E-state index contributed by atoms with van der Waals surface area (Å²) in [6, 6.07) is 0. The Bertz CT molecular complexity index is 239. The lowest BCUT2D eigenvalue weighted by Gasteiger charge is -2.30. The van der Waals surface area contributed by atoms with Gasteiger partial charge in [-0.3, -0.25) is 0 Å². The molecule has 4 nitrogen and oxygen atoms in total. The monoisotopic (exact) mass is 222 g/mol. The van der Waals surface area contributed by atoms with Crippen LogP contribution in [0.5, 0.6) is 0 Å². The molecule has 0 amide bonds. The van der Waals surface area contributed by atoms with E-state index >= 15 is 0 Å². The van der Waals surface area contributed by atoms with Gasteiger partial charge in [-0.25, -0.2) is 10.4 Å². The Kier molecular flexibility index (Phi) is 4.86. The van der Waals surface area contributed by atoms with E-state index < -0.39 is 0 Å². The van der Waals surface area contributed by atoms with Crippen molar-refractivity contribution in [2.45, 2.75) is 25.7 Å². The van der Waals surface area contributed by atoms with Gasteiger partial charge < -0.3 is 4.90 Å². The third-order valence-corrected chi connectivity index (χ3v) is 2.95. The van der Waals surface area contributed by atoms with E-state index in [1.54, 1.807) is 0 Å². The fourth-order valence-corrected chi connectivity index (χ4v) is 2.03. The number of hydrazine groups is 2. The minimum atomic E-state index is 0.938. The average Bonchev–Trinajstić information content (AvgIpc) is 2.45. The summed E-state index contributed by atoms with van der Waals surface area (Å²) in [5.41, 5.74) is 6.57. The maximum atomic E-state index is 3.29. The molecule has 0 aromatic carbocycles. The van der Waals surface area contributed by atoms with Gasteiger partial charge in [0.15, 0.2) is 0 Å². The van der Waals surface area contributed by atoms with Gasteiger partial charge in [0.1, 0.15) is 0 Å². The fraction of sp³-hybridized carbons (Fsp3) is 0.667.